The summed E-state index contributed by atoms with van der Waals surface area (Å²) in [5.41, 5.74) is 0.402. The summed E-state index contributed by atoms with van der Waals surface area (Å²) in [6.45, 7) is 2.90. The van der Waals surface area contributed by atoms with Gasteiger partial charge in [-0.3, -0.25) is 0 Å². The number of aromatic nitrogens is 1. The summed E-state index contributed by atoms with van der Waals surface area (Å²) in [6, 6.07) is 1.54. The van der Waals surface area contributed by atoms with Gasteiger partial charge in [-0.2, -0.15) is 0 Å². The Morgan fingerprint density at radius 3 is 2.95 bits per heavy atom. The highest BCUT2D eigenvalue weighted by atomic mass is 32.2. The monoisotopic (exact) mass is 302 g/mol. The minimum atomic E-state index is -3.37. The molecule has 1 saturated carbocycles. The van der Waals surface area contributed by atoms with E-state index < -0.39 is 10.0 Å². The molecular weight excluding hydrogens is 280 g/mol. The van der Waals surface area contributed by atoms with Crippen LogP contribution in [-0.2, 0) is 20.5 Å². The molecule has 1 aliphatic rings. The maximum atomic E-state index is 11.8. The van der Waals surface area contributed by atoms with E-state index in [1.54, 1.807) is 6.07 Å². The molecule has 2 atom stereocenters. The van der Waals surface area contributed by atoms with Crippen molar-refractivity contribution in [2.45, 2.75) is 44.5 Å². The summed E-state index contributed by atoms with van der Waals surface area (Å²) in [5, 5.41) is 3.59. The zero-order valence-electron chi connectivity index (χ0n) is 11.7. The normalized spacial score (nSPS) is 23.9. The van der Waals surface area contributed by atoms with Crippen LogP contribution in [0.25, 0.3) is 0 Å². The number of ether oxygens (including phenoxy) is 1. The first-order valence-electron chi connectivity index (χ1n) is 7.05. The quantitative estimate of drug-likeness (QED) is 0.775. The van der Waals surface area contributed by atoms with Gasteiger partial charge in [0.1, 0.15) is 12.0 Å². The molecule has 0 amide bonds. The Morgan fingerprint density at radius 1 is 1.45 bits per heavy atom. The van der Waals surface area contributed by atoms with Crippen molar-refractivity contribution in [2.75, 3.05) is 13.2 Å². The van der Waals surface area contributed by atoms with Crippen molar-refractivity contribution in [3.63, 3.8) is 0 Å². The van der Waals surface area contributed by atoms with Gasteiger partial charge in [0, 0.05) is 12.6 Å². The second-order valence-corrected chi connectivity index (χ2v) is 7.12. The summed E-state index contributed by atoms with van der Waals surface area (Å²) in [4.78, 5) is 0. The number of hydrogen-bond acceptors (Lipinski definition) is 5. The summed E-state index contributed by atoms with van der Waals surface area (Å²) in [7, 11) is -3.37. The Bertz CT molecular complexity index is 486. The van der Waals surface area contributed by atoms with E-state index in [1.165, 1.54) is 25.5 Å². The molecule has 1 aromatic heterocycles. The van der Waals surface area contributed by atoms with Crippen LogP contribution in [0.15, 0.2) is 16.9 Å². The molecule has 0 spiro atoms. The lowest BCUT2D eigenvalue weighted by molar-refractivity contribution is -0.00177. The van der Waals surface area contributed by atoms with Crippen LogP contribution in [0.2, 0.25) is 0 Å². The number of rotatable bonds is 7. The molecule has 0 saturated heterocycles. The maximum Gasteiger partial charge on any atom is 0.217 e. The highest BCUT2D eigenvalue weighted by molar-refractivity contribution is 7.88. The van der Waals surface area contributed by atoms with Crippen LogP contribution < -0.4 is 4.72 Å². The highest BCUT2D eigenvalue weighted by Crippen LogP contribution is 2.25. The number of sulfonamides is 1. The van der Waals surface area contributed by atoms with Crippen molar-refractivity contribution in [1.82, 2.24) is 9.88 Å². The summed E-state index contributed by atoms with van der Waals surface area (Å²) >= 11 is 0. The third-order valence-corrected chi connectivity index (χ3v) is 4.94. The van der Waals surface area contributed by atoms with Gasteiger partial charge in [0.15, 0.2) is 0 Å². The third-order valence-electron chi connectivity index (χ3n) is 3.62. The molecule has 114 valence electrons. The lowest BCUT2D eigenvalue weighted by Crippen LogP contribution is -2.32. The second kappa shape index (κ2) is 7.19. The third kappa shape index (κ3) is 4.88. The van der Waals surface area contributed by atoms with Gasteiger partial charge in [-0.15, -0.1) is 0 Å². The average Bonchev–Trinajstić information content (AvgIpc) is 2.88. The van der Waals surface area contributed by atoms with Crippen LogP contribution in [0.4, 0.5) is 0 Å². The molecule has 1 aromatic rings. The van der Waals surface area contributed by atoms with Crippen molar-refractivity contribution in [2.24, 2.45) is 5.92 Å². The zero-order chi connectivity index (χ0) is 14.4. The summed E-state index contributed by atoms with van der Waals surface area (Å²) < 4.78 is 36.4. The maximum absolute atomic E-state index is 11.8. The predicted octanol–water partition coefficient (Wildman–Crippen LogP) is 1.69. The second-order valence-electron chi connectivity index (χ2n) is 5.32. The van der Waals surface area contributed by atoms with Crippen molar-refractivity contribution in [1.29, 1.82) is 0 Å². The van der Waals surface area contributed by atoms with Crippen LogP contribution in [0, 0.1) is 5.92 Å². The first-order chi connectivity index (χ1) is 9.57. The Kier molecular flexibility index (Phi) is 5.56. The first kappa shape index (κ1) is 15.5. The molecule has 2 rings (SSSR count). The Labute approximate surface area is 119 Å². The van der Waals surface area contributed by atoms with Crippen molar-refractivity contribution >= 4 is 10.0 Å². The van der Waals surface area contributed by atoms with E-state index in [2.05, 4.69) is 21.3 Å². The molecule has 0 aliphatic heterocycles. The fraction of sp³-hybridized carbons (Fsp3) is 0.769. The standard InChI is InChI=1S/C13H22N2O4S/c1-11-4-2-3-5-13(11)18-9-7-14-20(16,17)10-12-6-8-19-15-12/h6,8,11,13-14H,2-5,7,9-10H2,1H3/t11-,13-/m0/s1. The summed E-state index contributed by atoms with van der Waals surface area (Å²) in [6.07, 6.45) is 6.37. The molecule has 1 aliphatic carbocycles. The van der Waals surface area contributed by atoms with E-state index >= 15 is 0 Å². The van der Waals surface area contributed by atoms with Gasteiger partial charge in [-0.1, -0.05) is 24.9 Å². The van der Waals surface area contributed by atoms with Gasteiger partial charge in [0.25, 0.3) is 0 Å². The Morgan fingerprint density at radius 2 is 2.25 bits per heavy atom. The molecule has 7 heteroatoms. The van der Waals surface area contributed by atoms with Crippen LogP contribution >= 0.6 is 0 Å². The molecule has 1 heterocycles. The molecule has 0 bridgehead atoms. The largest absolute Gasteiger partial charge is 0.377 e. The molecule has 0 unspecified atom stereocenters. The molecule has 0 aromatic carbocycles. The first-order valence-corrected chi connectivity index (χ1v) is 8.70. The molecule has 0 radical (unpaired) electrons. The highest BCUT2D eigenvalue weighted by Gasteiger charge is 2.21. The lowest BCUT2D eigenvalue weighted by Gasteiger charge is -2.28. The van der Waals surface area contributed by atoms with Crippen LogP contribution in [0.1, 0.15) is 38.3 Å². The van der Waals surface area contributed by atoms with E-state index in [-0.39, 0.29) is 11.9 Å². The van der Waals surface area contributed by atoms with E-state index in [9.17, 15) is 8.42 Å². The van der Waals surface area contributed by atoms with Crippen molar-refractivity contribution in [3.05, 3.63) is 18.0 Å². The molecule has 1 fully saturated rings. The topological polar surface area (TPSA) is 81.4 Å². The average molecular weight is 302 g/mol. The van der Waals surface area contributed by atoms with Gasteiger partial charge in [0.2, 0.25) is 10.0 Å². The molecule has 20 heavy (non-hydrogen) atoms. The minimum absolute atomic E-state index is 0.163. The van der Waals surface area contributed by atoms with Gasteiger partial charge in [-0.05, 0) is 18.8 Å². The van der Waals surface area contributed by atoms with Crippen LogP contribution in [-0.4, -0.2) is 32.8 Å². The zero-order valence-corrected chi connectivity index (χ0v) is 12.6. The fourth-order valence-electron chi connectivity index (χ4n) is 2.50. The Hall–Kier alpha value is -0.920. The number of nitrogens with one attached hydrogen (secondary N) is 1. The van der Waals surface area contributed by atoms with E-state index in [0.717, 1.165) is 6.42 Å². The van der Waals surface area contributed by atoms with Gasteiger partial charge >= 0.3 is 0 Å². The van der Waals surface area contributed by atoms with Crippen LogP contribution in [0.3, 0.4) is 0 Å². The summed E-state index contributed by atoms with van der Waals surface area (Å²) in [5.74, 6) is 0.402. The Balaban J connectivity index is 1.67. The van der Waals surface area contributed by atoms with E-state index in [0.29, 0.717) is 24.8 Å². The molecule has 6 nitrogen and oxygen atoms in total. The SMILES string of the molecule is C[C@H]1CCCC[C@@H]1OCCNS(=O)(=O)Cc1ccon1. The van der Waals surface area contributed by atoms with E-state index in [1.807, 2.05) is 0 Å². The molecule has 1 N–H and O–H groups in total. The number of nitrogens with zero attached hydrogens (tertiary/aromatic N) is 1. The van der Waals surface area contributed by atoms with Crippen molar-refractivity contribution < 1.29 is 17.7 Å². The smallest absolute Gasteiger partial charge is 0.217 e. The van der Waals surface area contributed by atoms with Gasteiger partial charge in [-0.25, -0.2) is 13.1 Å². The predicted molar refractivity (Wildman–Crippen MR) is 74.5 cm³/mol. The fourth-order valence-corrected chi connectivity index (χ4v) is 3.53. The minimum Gasteiger partial charge on any atom is -0.377 e. The van der Waals surface area contributed by atoms with Gasteiger partial charge < -0.3 is 9.26 Å². The number of hydrogen-bond donors (Lipinski definition) is 1. The van der Waals surface area contributed by atoms with Crippen LogP contribution in [0.5, 0.6) is 0 Å². The van der Waals surface area contributed by atoms with Crippen molar-refractivity contribution in [3.8, 4) is 0 Å². The van der Waals surface area contributed by atoms with Gasteiger partial charge in [0.05, 0.1) is 18.4 Å². The lowest BCUT2D eigenvalue weighted by atomic mass is 9.88. The van der Waals surface area contributed by atoms with E-state index in [4.69, 9.17) is 4.74 Å². The molecular formula is C13H22N2O4S.